The normalized spacial score (nSPS) is 15.9. The number of amides is 1. The predicted molar refractivity (Wildman–Crippen MR) is 87.5 cm³/mol. The molecule has 1 fully saturated rings. The Morgan fingerprint density at radius 1 is 1.36 bits per heavy atom. The SMILES string of the molecule is CC(c1ccco1)N(C(=O)C=Cc1cccc(Cl)c1)C1CC1. The van der Waals surface area contributed by atoms with Crippen molar-refractivity contribution in [2.75, 3.05) is 0 Å². The Bertz CT molecular complexity index is 674. The van der Waals surface area contributed by atoms with E-state index in [2.05, 4.69) is 0 Å². The van der Waals surface area contributed by atoms with Gasteiger partial charge in [0.05, 0.1) is 12.3 Å². The molecular weight excluding hydrogens is 298 g/mol. The second kappa shape index (κ2) is 6.41. The standard InChI is InChI=1S/C18H18ClNO2/c1-13(17-6-3-11-22-17)20(16-8-9-16)18(21)10-7-14-4-2-5-15(19)12-14/h2-7,10-13,16H,8-9H2,1H3. The number of hydrogen-bond donors (Lipinski definition) is 0. The van der Waals surface area contributed by atoms with Crippen LogP contribution in [-0.2, 0) is 4.79 Å². The zero-order valence-electron chi connectivity index (χ0n) is 12.4. The molecule has 1 aliphatic rings. The molecule has 0 bridgehead atoms. The van der Waals surface area contributed by atoms with Gasteiger partial charge in [0.1, 0.15) is 5.76 Å². The first-order valence-corrected chi connectivity index (χ1v) is 7.82. The van der Waals surface area contributed by atoms with Crippen molar-refractivity contribution in [1.82, 2.24) is 4.90 Å². The van der Waals surface area contributed by atoms with E-state index in [9.17, 15) is 4.79 Å². The van der Waals surface area contributed by atoms with Crippen molar-refractivity contribution in [2.45, 2.75) is 31.8 Å². The highest BCUT2D eigenvalue weighted by molar-refractivity contribution is 6.30. The third kappa shape index (κ3) is 3.42. The van der Waals surface area contributed by atoms with Crippen molar-refractivity contribution in [3.63, 3.8) is 0 Å². The van der Waals surface area contributed by atoms with Crippen molar-refractivity contribution < 1.29 is 9.21 Å². The molecule has 2 aromatic rings. The minimum atomic E-state index is -0.0565. The quantitative estimate of drug-likeness (QED) is 0.749. The molecule has 1 aliphatic carbocycles. The summed E-state index contributed by atoms with van der Waals surface area (Å²) in [5.74, 6) is 0.822. The summed E-state index contributed by atoms with van der Waals surface area (Å²) in [7, 11) is 0. The molecule has 1 saturated carbocycles. The van der Waals surface area contributed by atoms with Crippen LogP contribution in [-0.4, -0.2) is 16.8 Å². The molecule has 1 aromatic heterocycles. The Kier molecular flexibility index (Phi) is 4.34. The van der Waals surface area contributed by atoms with Gasteiger partial charge in [0, 0.05) is 17.1 Å². The minimum Gasteiger partial charge on any atom is -0.467 e. The molecule has 4 heteroatoms. The second-order valence-corrected chi connectivity index (χ2v) is 5.99. The highest BCUT2D eigenvalue weighted by Crippen LogP contribution is 2.34. The summed E-state index contributed by atoms with van der Waals surface area (Å²) in [6.07, 6.45) is 7.18. The number of nitrogens with zero attached hydrogens (tertiary/aromatic N) is 1. The molecule has 1 unspecified atom stereocenters. The lowest BCUT2D eigenvalue weighted by Crippen LogP contribution is -2.34. The van der Waals surface area contributed by atoms with Gasteiger partial charge in [-0.05, 0) is 55.7 Å². The summed E-state index contributed by atoms with van der Waals surface area (Å²) in [6.45, 7) is 2.00. The molecule has 1 atom stereocenters. The van der Waals surface area contributed by atoms with Crippen molar-refractivity contribution >= 4 is 23.6 Å². The van der Waals surface area contributed by atoms with Crippen LogP contribution in [0.3, 0.4) is 0 Å². The van der Waals surface area contributed by atoms with Crippen LogP contribution >= 0.6 is 11.6 Å². The van der Waals surface area contributed by atoms with Crippen LogP contribution in [0, 0.1) is 0 Å². The van der Waals surface area contributed by atoms with Crippen LogP contribution in [0.15, 0.2) is 53.2 Å². The van der Waals surface area contributed by atoms with Gasteiger partial charge in [-0.15, -0.1) is 0 Å². The molecule has 114 valence electrons. The number of benzene rings is 1. The van der Waals surface area contributed by atoms with Gasteiger partial charge in [-0.1, -0.05) is 23.7 Å². The van der Waals surface area contributed by atoms with E-state index in [1.807, 2.05) is 48.2 Å². The van der Waals surface area contributed by atoms with Gasteiger partial charge in [0.2, 0.25) is 5.91 Å². The summed E-state index contributed by atoms with van der Waals surface area (Å²) >= 11 is 5.96. The van der Waals surface area contributed by atoms with Crippen molar-refractivity contribution in [3.8, 4) is 0 Å². The predicted octanol–water partition coefficient (Wildman–Crippen LogP) is 4.70. The lowest BCUT2D eigenvalue weighted by Gasteiger charge is -2.26. The molecule has 1 aromatic carbocycles. The lowest BCUT2D eigenvalue weighted by atomic mass is 10.2. The fraction of sp³-hybridized carbons (Fsp3) is 0.278. The number of halogens is 1. The third-order valence-electron chi connectivity index (χ3n) is 3.83. The number of furan rings is 1. The number of rotatable bonds is 5. The Hall–Kier alpha value is -2.00. The largest absolute Gasteiger partial charge is 0.467 e. The van der Waals surface area contributed by atoms with Crippen molar-refractivity contribution in [1.29, 1.82) is 0 Å². The highest BCUT2D eigenvalue weighted by atomic mass is 35.5. The maximum absolute atomic E-state index is 12.6. The molecule has 0 spiro atoms. The molecule has 3 rings (SSSR count). The maximum Gasteiger partial charge on any atom is 0.247 e. The minimum absolute atomic E-state index is 0.00590. The first-order valence-electron chi connectivity index (χ1n) is 7.44. The van der Waals surface area contributed by atoms with Crippen LogP contribution in [0.4, 0.5) is 0 Å². The van der Waals surface area contributed by atoms with E-state index in [-0.39, 0.29) is 11.9 Å². The monoisotopic (exact) mass is 315 g/mol. The molecule has 1 heterocycles. The van der Waals surface area contributed by atoms with Gasteiger partial charge in [-0.3, -0.25) is 4.79 Å². The van der Waals surface area contributed by atoms with Crippen molar-refractivity contribution in [2.24, 2.45) is 0 Å². The van der Waals surface area contributed by atoms with Crippen LogP contribution < -0.4 is 0 Å². The zero-order chi connectivity index (χ0) is 15.5. The lowest BCUT2D eigenvalue weighted by molar-refractivity contribution is -0.129. The van der Waals surface area contributed by atoms with Crippen LogP contribution in [0.1, 0.15) is 37.1 Å². The summed E-state index contributed by atoms with van der Waals surface area (Å²) in [4.78, 5) is 14.5. The summed E-state index contributed by atoms with van der Waals surface area (Å²) in [6, 6.07) is 11.5. The Labute approximate surface area is 135 Å². The molecule has 22 heavy (non-hydrogen) atoms. The van der Waals surface area contributed by atoms with E-state index >= 15 is 0 Å². The third-order valence-corrected chi connectivity index (χ3v) is 4.07. The first-order chi connectivity index (χ1) is 10.6. The Morgan fingerprint density at radius 3 is 2.82 bits per heavy atom. The molecular formula is C18H18ClNO2. The number of hydrogen-bond acceptors (Lipinski definition) is 2. The Morgan fingerprint density at radius 2 is 2.18 bits per heavy atom. The molecule has 0 aliphatic heterocycles. The fourth-order valence-corrected chi connectivity index (χ4v) is 2.77. The summed E-state index contributed by atoms with van der Waals surface area (Å²) in [5.41, 5.74) is 0.919. The van der Waals surface area contributed by atoms with Gasteiger partial charge in [0.15, 0.2) is 0 Å². The first kappa shape index (κ1) is 14.9. The molecule has 0 radical (unpaired) electrons. The van der Waals surface area contributed by atoms with Crippen molar-refractivity contribution in [3.05, 3.63) is 65.1 Å². The average Bonchev–Trinajstić information content (AvgIpc) is 3.17. The van der Waals surface area contributed by atoms with E-state index in [0.717, 1.165) is 24.2 Å². The smallest absolute Gasteiger partial charge is 0.247 e. The van der Waals surface area contributed by atoms with Crippen LogP contribution in [0.25, 0.3) is 6.08 Å². The number of carbonyl (C=O) groups is 1. The molecule has 3 nitrogen and oxygen atoms in total. The van der Waals surface area contributed by atoms with Gasteiger partial charge in [-0.25, -0.2) is 0 Å². The van der Waals surface area contributed by atoms with Crippen LogP contribution in [0.5, 0.6) is 0 Å². The van der Waals surface area contributed by atoms with E-state index < -0.39 is 0 Å². The maximum atomic E-state index is 12.6. The summed E-state index contributed by atoms with van der Waals surface area (Å²) < 4.78 is 5.45. The highest BCUT2D eigenvalue weighted by Gasteiger charge is 2.36. The van der Waals surface area contributed by atoms with E-state index in [1.54, 1.807) is 18.4 Å². The average molecular weight is 316 g/mol. The second-order valence-electron chi connectivity index (χ2n) is 5.56. The fourth-order valence-electron chi connectivity index (χ4n) is 2.57. The zero-order valence-corrected chi connectivity index (χ0v) is 13.2. The van der Waals surface area contributed by atoms with Gasteiger partial charge in [-0.2, -0.15) is 0 Å². The van der Waals surface area contributed by atoms with E-state index in [4.69, 9.17) is 16.0 Å². The molecule has 0 N–H and O–H groups in total. The van der Waals surface area contributed by atoms with Gasteiger partial charge < -0.3 is 9.32 Å². The molecule has 0 saturated heterocycles. The van der Waals surface area contributed by atoms with E-state index in [1.165, 1.54) is 0 Å². The van der Waals surface area contributed by atoms with E-state index in [0.29, 0.717) is 11.1 Å². The topological polar surface area (TPSA) is 33.5 Å². The Balaban J connectivity index is 1.76. The van der Waals surface area contributed by atoms with Gasteiger partial charge >= 0.3 is 0 Å². The molecule has 1 amide bonds. The number of carbonyl (C=O) groups excluding carboxylic acids is 1. The summed E-state index contributed by atoms with van der Waals surface area (Å²) in [5, 5.41) is 0.664. The van der Waals surface area contributed by atoms with Crippen LogP contribution in [0.2, 0.25) is 5.02 Å². The van der Waals surface area contributed by atoms with Gasteiger partial charge in [0.25, 0.3) is 0 Å².